The van der Waals surface area contributed by atoms with Gasteiger partial charge in [0.1, 0.15) is 5.75 Å². The van der Waals surface area contributed by atoms with E-state index in [1.807, 2.05) is 66.7 Å². The molecular weight excluding hydrogens is 496 g/mol. The molecule has 0 aliphatic carbocycles. The van der Waals surface area contributed by atoms with Gasteiger partial charge in [0.2, 0.25) is 0 Å². The molecule has 6 nitrogen and oxygen atoms in total. The molecule has 2 heterocycles. The molecular formula is C31H26N2O4S. The molecule has 38 heavy (non-hydrogen) atoms. The van der Waals surface area contributed by atoms with Crippen LogP contribution in [0.2, 0.25) is 0 Å². The molecule has 1 atom stereocenters. The third kappa shape index (κ3) is 4.76. The van der Waals surface area contributed by atoms with Crippen molar-refractivity contribution in [2.75, 3.05) is 6.61 Å². The number of hydrogen-bond donors (Lipinski definition) is 1. The lowest BCUT2D eigenvalue weighted by molar-refractivity contribution is -0.138. The fourth-order valence-electron chi connectivity index (χ4n) is 4.56. The molecule has 0 radical (unpaired) electrons. The smallest absolute Gasteiger partial charge is 0.338 e. The fraction of sp³-hybridized carbons (Fsp3) is 0.129. The highest BCUT2D eigenvalue weighted by Crippen LogP contribution is 2.35. The lowest BCUT2D eigenvalue weighted by Gasteiger charge is -2.25. The number of aromatic nitrogens is 1. The van der Waals surface area contributed by atoms with Crippen LogP contribution in [0, 0.1) is 0 Å². The summed E-state index contributed by atoms with van der Waals surface area (Å²) in [5, 5.41) is 10.2. The van der Waals surface area contributed by atoms with Crippen LogP contribution in [0.1, 0.15) is 35.2 Å². The highest BCUT2D eigenvalue weighted by atomic mass is 32.1. The third-order valence-corrected chi connectivity index (χ3v) is 7.24. The number of aromatic hydroxyl groups is 1. The Kier molecular flexibility index (Phi) is 7.20. The number of carbonyl (C=O) groups is 1. The number of carbonyl (C=O) groups excluding carboxylic acids is 1. The number of rotatable bonds is 7. The predicted molar refractivity (Wildman–Crippen MR) is 150 cm³/mol. The molecule has 0 saturated heterocycles. The summed E-state index contributed by atoms with van der Waals surface area (Å²) >= 11 is 1.26. The van der Waals surface area contributed by atoms with E-state index in [2.05, 4.69) is 6.58 Å². The van der Waals surface area contributed by atoms with E-state index in [0.29, 0.717) is 27.0 Å². The summed E-state index contributed by atoms with van der Waals surface area (Å²) in [6, 6.07) is 23.4. The van der Waals surface area contributed by atoms with E-state index >= 15 is 0 Å². The van der Waals surface area contributed by atoms with Crippen molar-refractivity contribution in [1.29, 1.82) is 0 Å². The number of phenols is 1. The van der Waals surface area contributed by atoms with Gasteiger partial charge in [-0.1, -0.05) is 84.1 Å². The minimum Gasteiger partial charge on any atom is -0.508 e. The van der Waals surface area contributed by atoms with Gasteiger partial charge in [-0.3, -0.25) is 9.36 Å². The van der Waals surface area contributed by atoms with E-state index in [1.165, 1.54) is 11.3 Å². The quantitative estimate of drug-likeness (QED) is 0.289. The summed E-state index contributed by atoms with van der Waals surface area (Å²) in [4.78, 5) is 32.7. The van der Waals surface area contributed by atoms with Crippen LogP contribution in [0.5, 0.6) is 5.75 Å². The molecule has 3 aromatic carbocycles. The van der Waals surface area contributed by atoms with Crippen LogP contribution in [0.15, 0.2) is 107 Å². The maximum absolute atomic E-state index is 13.9. The van der Waals surface area contributed by atoms with Gasteiger partial charge in [0.05, 0.1) is 28.5 Å². The molecule has 1 aliphatic heterocycles. The summed E-state index contributed by atoms with van der Waals surface area (Å²) < 4.78 is 7.53. The van der Waals surface area contributed by atoms with Gasteiger partial charge in [-0.05, 0) is 48.2 Å². The first-order chi connectivity index (χ1) is 18.5. The van der Waals surface area contributed by atoms with Crippen LogP contribution < -0.4 is 14.9 Å². The van der Waals surface area contributed by atoms with E-state index in [0.717, 1.165) is 22.3 Å². The van der Waals surface area contributed by atoms with Crippen molar-refractivity contribution >= 4 is 29.1 Å². The van der Waals surface area contributed by atoms with Crippen molar-refractivity contribution in [3.63, 3.8) is 0 Å². The van der Waals surface area contributed by atoms with Crippen LogP contribution in [-0.4, -0.2) is 22.2 Å². The first kappa shape index (κ1) is 25.2. The summed E-state index contributed by atoms with van der Waals surface area (Å²) in [6.07, 6.45) is 4.01. The second kappa shape index (κ2) is 10.9. The Balaban J connectivity index is 1.79. The molecule has 1 aliphatic rings. The van der Waals surface area contributed by atoms with Crippen molar-refractivity contribution in [1.82, 2.24) is 4.57 Å². The van der Waals surface area contributed by atoms with Crippen LogP contribution in [0.3, 0.4) is 0 Å². The second-order valence-corrected chi connectivity index (χ2v) is 9.73. The van der Waals surface area contributed by atoms with Crippen molar-refractivity contribution in [2.45, 2.75) is 19.4 Å². The molecule has 7 heteroatoms. The van der Waals surface area contributed by atoms with Crippen molar-refractivity contribution in [3.8, 4) is 5.75 Å². The SMILES string of the molecule is C=CCc1cc(/C=c2/sc3n(c2=O)[C@H](c2ccccc2)C(C(=O)OCC)=C(c2ccccc2)N=3)ccc1O. The third-order valence-electron chi connectivity index (χ3n) is 6.25. The Morgan fingerprint density at radius 3 is 2.50 bits per heavy atom. The number of nitrogens with zero attached hydrogens (tertiary/aromatic N) is 2. The van der Waals surface area contributed by atoms with Crippen LogP contribution >= 0.6 is 11.3 Å². The average molecular weight is 523 g/mol. The number of allylic oxidation sites excluding steroid dienone is 1. The number of thiazole rings is 1. The molecule has 5 rings (SSSR count). The van der Waals surface area contributed by atoms with Gasteiger partial charge in [0.15, 0.2) is 4.80 Å². The number of fused-ring (bicyclic) bond motifs is 1. The molecule has 0 spiro atoms. The van der Waals surface area contributed by atoms with Gasteiger partial charge in [-0.25, -0.2) is 9.79 Å². The summed E-state index contributed by atoms with van der Waals surface area (Å²) in [6.45, 7) is 5.70. The normalized spacial score (nSPS) is 15.1. The lowest BCUT2D eigenvalue weighted by atomic mass is 9.93. The monoisotopic (exact) mass is 522 g/mol. The van der Waals surface area contributed by atoms with Gasteiger partial charge in [-0.15, -0.1) is 6.58 Å². The number of benzene rings is 3. The fourth-order valence-corrected chi connectivity index (χ4v) is 5.56. The van der Waals surface area contributed by atoms with E-state index in [9.17, 15) is 14.7 Å². The number of phenolic OH excluding ortho intramolecular Hbond substituents is 1. The zero-order valence-corrected chi connectivity index (χ0v) is 21.7. The van der Waals surface area contributed by atoms with Crippen LogP contribution in [0.4, 0.5) is 0 Å². The molecule has 1 N–H and O–H groups in total. The number of ether oxygens (including phenoxy) is 1. The standard InChI is InChI=1S/C31H26N2O4S/c1-3-11-23-18-20(16-17-24(23)34)19-25-29(35)33-28(22-14-9-6-10-15-22)26(30(36)37-4-2)27(32-31(33)38-25)21-12-7-5-8-13-21/h3,5-10,12-19,28,34H,1,4,11H2,2H3/b25-19+/t28-/m1/s1. The zero-order chi connectivity index (χ0) is 26.6. The minimum atomic E-state index is -0.708. The molecule has 190 valence electrons. The average Bonchev–Trinajstić information content (AvgIpc) is 3.25. The van der Waals surface area contributed by atoms with E-state index in [4.69, 9.17) is 9.73 Å². The molecule has 1 aromatic heterocycles. The van der Waals surface area contributed by atoms with Gasteiger partial charge in [0, 0.05) is 5.56 Å². The highest BCUT2D eigenvalue weighted by Gasteiger charge is 2.35. The van der Waals surface area contributed by atoms with Crippen molar-refractivity contribution in [2.24, 2.45) is 4.99 Å². The van der Waals surface area contributed by atoms with Gasteiger partial charge in [-0.2, -0.15) is 0 Å². The first-order valence-electron chi connectivity index (χ1n) is 12.3. The second-order valence-electron chi connectivity index (χ2n) is 8.72. The Labute approximate surface area is 223 Å². The first-order valence-corrected chi connectivity index (χ1v) is 13.1. The van der Waals surface area contributed by atoms with Crippen LogP contribution in [0.25, 0.3) is 11.8 Å². The highest BCUT2D eigenvalue weighted by molar-refractivity contribution is 7.07. The van der Waals surface area contributed by atoms with E-state index in [1.54, 1.807) is 35.8 Å². The van der Waals surface area contributed by atoms with E-state index in [-0.39, 0.29) is 17.9 Å². The number of hydrogen-bond acceptors (Lipinski definition) is 6. The zero-order valence-electron chi connectivity index (χ0n) is 20.8. The summed E-state index contributed by atoms with van der Waals surface area (Å²) in [5.41, 5.74) is 3.60. The van der Waals surface area contributed by atoms with Crippen molar-refractivity contribution < 1.29 is 14.6 Å². The largest absolute Gasteiger partial charge is 0.508 e. The Morgan fingerprint density at radius 2 is 1.82 bits per heavy atom. The Morgan fingerprint density at radius 1 is 1.11 bits per heavy atom. The molecule has 0 saturated carbocycles. The molecule has 4 aromatic rings. The lowest BCUT2D eigenvalue weighted by Crippen LogP contribution is -2.39. The minimum absolute atomic E-state index is 0.180. The molecule has 0 unspecified atom stereocenters. The molecule has 0 fully saturated rings. The number of esters is 1. The van der Waals surface area contributed by atoms with Crippen molar-refractivity contribution in [3.05, 3.63) is 139 Å². The Bertz CT molecular complexity index is 1720. The van der Waals surface area contributed by atoms with Crippen LogP contribution in [-0.2, 0) is 16.0 Å². The van der Waals surface area contributed by atoms with Gasteiger partial charge < -0.3 is 9.84 Å². The molecule has 0 amide bonds. The Hall–Kier alpha value is -4.49. The van der Waals surface area contributed by atoms with E-state index < -0.39 is 12.0 Å². The maximum atomic E-state index is 13.9. The topological polar surface area (TPSA) is 80.9 Å². The maximum Gasteiger partial charge on any atom is 0.338 e. The predicted octanol–water partition coefficient (Wildman–Crippen LogP) is 4.37. The summed E-state index contributed by atoms with van der Waals surface area (Å²) in [7, 11) is 0. The van der Waals surface area contributed by atoms with Gasteiger partial charge >= 0.3 is 5.97 Å². The molecule has 0 bridgehead atoms. The summed E-state index contributed by atoms with van der Waals surface area (Å²) in [5.74, 6) is -0.329. The van der Waals surface area contributed by atoms with Gasteiger partial charge in [0.25, 0.3) is 5.56 Å².